The molecule has 2 heterocycles. The van der Waals surface area contributed by atoms with Gasteiger partial charge in [-0.2, -0.15) is 5.10 Å². The quantitative estimate of drug-likeness (QED) is 0.696. The molecule has 1 aliphatic heterocycles. The summed E-state index contributed by atoms with van der Waals surface area (Å²) >= 11 is 6.40. The predicted molar refractivity (Wildman–Crippen MR) is 109 cm³/mol. The van der Waals surface area contributed by atoms with Gasteiger partial charge in [0.15, 0.2) is 6.61 Å². The summed E-state index contributed by atoms with van der Waals surface area (Å²) in [6, 6.07) is 7.99. The minimum atomic E-state index is -0.648. The lowest BCUT2D eigenvalue weighted by atomic mass is 10.1. The minimum Gasteiger partial charge on any atom is -0.452 e. The van der Waals surface area contributed by atoms with Gasteiger partial charge in [0.1, 0.15) is 10.7 Å². The van der Waals surface area contributed by atoms with Gasteiger partial charge in [-0.25, -0.2) is 9.48 Å². The summed E-state index contributed by atoms with van der Waals surface area (Å²) in [5.74, 6) is -0.897. The molecule has 0 spiro atoms. The van der Waals surface area contributed by atoms with Crippen LogP contribution in [0, 0.1) is 13.8 Å². The molecule has 156 valence electrons. The maximum atomic E-state index is 12.6. The molecule has 1 aromatic heterocycles. The van der Waals surface area contributed by atoms with Gasteiger partial charge in [0.25, 0.3) is 5.91 Å². The highest BCUT2D eigenvalue weighted by Crippen LogP contribution is 2.22. The number of nitrogens with zero attached hydrogens (tertiary/aromatic N) is 3. The minimum absolute atomic E-state index is 0.0462. The molecule has 1 amide bonds. The fraction of sp³-hybridized carbons (Fsp3) is 0.476. The van der Waals surface area contributed by atoms with Crippen LogP contribution in [0.2, 0.25) is 5.15 Å². The molecular weight excluding hydrogens is 394 g/mol. The number of hydrogen-bond donors (Lipinski definition) is 0. The van der Waals surface area contributed by atoms with E-state index in [1.807, 2.05) is 45.0 Å². The molecule has 0 N–H and O–H groups in total. The zero-order chi connectivity index (χ0) is 21.1. The van der Waals surface area contributed by atoms with Gasteiger partial charge in [-0.1, -0.05) is 41.4 Å². The van der Waals surface area contributed by atoms with Crippen LogP contribution in [0.1, 0.15) is 41.0 Å². The Morgan fingerprint density at radius 3 is 2.41 bits per heavy atom. The highest BCUT2D eigenvalue weighted by molar-refractivity contribution is 6.32. The molecule has 2 atom stereocenters. The monoisotopic (exact) mass is 419 g/mol. The molecule has 7 nitrogen and oxygen atoms in total. The molecule has 1 saturated heterocycles. The number of halogens is 1. The first-order chi connectivity index (χ1) is 13.7. The Bertz CT molecular complexity index is 884. The number of aromatic nitrogens is 2. The Hall–Kier alpha value is -2.38. The number of amides is 1. The van der Waals surface area contributed by atoms with Crippen LogP contribution >= 0.6 is 11.6 Å². The Morgan fingerprint density at radius 1 is 1.17 bits per heavy atom. The molecule has 1 aromatic carbocycles. The Labute approximate surface area is 175 Å². The average Bonchev–Trinajstić information content (AvgIpc) is 2.94. The third-order valence-corrected chi connectivity index (χ3v) is 5.21. The van der Waals surface area contributed by atoms with Crippen LogP contribution in [0.4, 0.5) is 0 Å². The van der Waals surface area contributed by atoms with Crippen molar-refractivity contribution in [1.29, 1.82) is 0 Å². The number of rotatable bonds is 5. The maximum Gasteiger partial charge on any atom is 0.343 e. The van der Waals surface area contributed by atoms with Crippen molar-refractivity contribution in [3.05, 3.63) is 51.8 Å². The summed E-state index contributed by atoms with van der Waals surface area (Å²) in [6.45, 7) is 8.60. The molecular formula is C21H26ClN3O4. The summed E-state index contributed by atoms with van der Waals surface area (Å²) in [4.78, 5) is 26.6. The molecule has 8 heteroatoms. The summed E-state index contributed by atoms with van der Waals surface area (Å²) in [7, 11) is 0. The van der Waals surface area contributed by atoms with E-state index >= 15 is 0 Å². The molecule has 0 aliphatic carbocycles. The molecule has 0 radical (unpaired) electrons. The molecule has 0 bridgehead atoms. The third kappa shape index (κ3) is 5.16. The summed E-state index contributed by atoms with van der Waals surface area (Å²) in [5.41, 5.74) is 2.84. The third-order valence-electron chi connectivity index (χ3n) is 4.82. The molecule has 0 saturated carbocycles. The second-order valence-corrected chi connectivity index (χ2v) is 7.88. The lowest BCUT2D eigenvalue weighted by molar-refractivity contribution is -0.146. The molecule has 0 unspecified atom stereocenters. The van der Waals surface area contributed by atoms with Gasteiger partial charge in [0.2, 0.25) is 0 Å². The van der Waals surface area contributed by atoms with Crippen molar-refractivity contribution in [2.24, 2.45) is 0 Å². The molecule has 2 aromatic rings. The summed E-state index contributed by atoms with van der Waals surface area (Å²) in [5, 5.41) is 4.56. The molecule has 1 fully saturated rings. The lowest BCUT2D eigenvalue weighted by Gasteiger charge is -2.35. The van der Waals surface area contributed by atoms with E-state index in [0.29, 0.717) is 25.3 Å². The van der Waals surface area contributed by atoms with Crippen LogP contribution < -0.4 is 0 Å². The Morgan fingerprint density at radius 2 is 1.79 bits per heavy atom. The SMILES string of the molecule is Cc1ccc(Cn2nc(C)c(C(=O)OCC(=O)N3C[C@H](C)O[C@@H](C)C3)c2Cl)cc1. The van der Waals surface area contributed by atoms with Crippen molar-refractivity contribution in [3.63, 3.8) is 0 Å². The Kier molecular flexibility index (Phi) is 6.59. The van der Waals surface area contributed by atoms with E-state index in [-0.39, 0.29) is 35.4 Å². The van der Waals surface area contributed by atoms with E-state index in [1.54, 1.807) is 16.5 Å². The van der Waals surface area contributed by atoms with Gasteiger partial charge in [0.05, 0.1) is 24.4 Å². The van der Waals surface area contributed by atoms with Crippen molar-refractivity contribution >= 4 is 23.5 Å². The fourth-order valence-electron chi connectivity index (χ4n) is 3.43. The second-order valence-electron chi connectivity index (χ2n) is 7.53. The van der Waals surface area contributed by atoms with E-state index < -0.39 is 5.97 Å². The van der Waals surface area contributed by atoms with Crippen LogP contribution in [-0.4, -0.2) is 58.5 Å². The van der Waals surface area contributed by atoms with Gasteiger partial charge in [-0.15, -0.1) is 0 Å². The second kappa shape index (κ2) is 8.97. The van der Waals surface area contributed by atoms with Crippen molar-refractivity contribution < 1.29 is 19.1 Å². The van der Waals surface area contributed by atoms with Crippen molar-refractivity contribution in [1.82, 2.24) is 14.7 Å². The van der Waals surface area contributed by atoms with Gasteiger partial charge in [0, 0.05) is 13.1 Å². The first-order valence-electron chi connectivity index (χ1n) is 9.63. The van der Waals surface area contributed by atoms with Gasteiger partial charge < -0.3 is 14.4 Å². The van der Waals surface area contributed by atoms with Crippen molar-refractivity contribution in [3.8, 4) is 0 Å². The molecule has 1 aliphatic rings. The number of ether oxygens (including phenoxy) is 2. The number of benzene rings is 1. The zero-order valence-electron chi connectivity index (χ0n) is 17.1. The first-order valence-corrected chi connectivity index (χ1v) is 10.0. The summed E-state index contributed by atoms with van der Waals surface area (Å²) < 4.78 is 12.4. The standard InChI is InChI=1S/C21H26ClN3O4/c1-13-5-7-17(8-6-13)11-25-20(22)19(16(4)23-25)21(27)28-12-18(26)24-9-14(2)29-15(3)10-24/h5-8,14-15H,9-12H2,1-4H3/t14-,15-/m0/s1. The van der Waals surface area contributed by atoms with Gasteiger partial charge in [-0.05, 0) is 33.3 Å². The van der Waals surface area contributed by atoms with E-state index in [4.69, 9.17) is 21.1 Å². The summed E-state index contributed by atoms with van der Waals surface area (Å²) in [6.07, 6.45) is -0.0924. The zero-order valence-corrected chi connectivity index (χ0v) is 17.9. The highest BCUT2D eigenvalue weighted by Gasteiger charge is 2.28. The lowest BCUT2D eigenvalue weighted by Crippen LogP contribution is -2.49. The highest BCUT2D eigenvalue weighted by atomic mass is 35.5. The van der Waals surface area contributed by atoms with Crippen LogP contribution in [0.15, 0.2) is 24.3 Å². The number of hydrogen-bond acceptors (Lipinski definition) is 5. The van der Waals surface area contributed by atoms with E-state index in [9.17, 15) is 9.59 Å². The van der Waals surface area contributed by atoms with Gasteiger partial charge in [-0.3, -0.25) is 4.79 Å². The van der Waals surface area contributed by atoms with E-state index in [1.165, 1.54) is 0 Å². The number of aryl methyl sites for hydroxylation is 2. The normalized spacial score (nSPS) is 19.3. The van der Waals surface area contributed by atoms with Crippen LogP contribution in [0.25, 0.3) is 0 Å². The average molecular weight is 420 g/mol. The molecule has 29 heavy (non-hydrogen) atoms. The first kappa shape index (κ1) is 21.3. The topological polar surface area (TPSA) is 73.7 Å². The molecule has 3 rings (SSSR count). The van der Waals surface area contributed by atoms with Crippen LogP contribution in [0.5, 0.6) is 0 Å². The van der Waals surface area contributed by atoms with Crippen LogP contribution in [0.3, 0.4) is 0 Å². The largest absolute Gasteiger partial charge is 0.452 e. The predicted octanol–water partition coefficient (Wildman–Crippen LogP) is 2.99. The van der Waals surface area contributed by atoms with Crippen molar-refractivity contribution in [2.45, 2.75) is 46.4 Å². The van der Waals surface area contributed by atoms with E-state index in [0.717, 1.165) is 11.1 Å². The Balaban J connectivity index is 1.64. The number of morpholine rings is 1. The fourth-order valence-corrected chi connectivity index (χ4v) is 3.74. The smallest absolute Gasteiger partial charge is 0.343 e. The van der Waals surface area contributed by atoms with Crippen LogP contribution in [-0.2, 0) is 20.8 Å². The number of carbonyl (C=O) groups excluding carboxylic acids is 2. The van der Waals surface area contributed by atoms with Gasteiger partial charge >= 0.3 is 5.97 Å². The van der Waals surface area contributed by atoms with E-state index in [2.05, 4.69) is 5.10 Å². The maximum absolute atomic E-state index is 12.6. The number of esters is 1. The van der Waals surface area contributed by atoms with Crippen molar-refractivity contribution in [2.75, 3.05) is 19.7 Å². The number of carbonyl (C=O) groups is 2.